The zero-order chi connectivity index (χ0) is 21.7. The zero-order valence-corrected chi connectivity index (χ0v) is 18.6. The lowest BCUT2D eigenvalue weighted by atomic mass is 10.1. The molecule has 1 fully saturated rings. The highest BCUT2D eigenvalue weighted by molar-refractivity contribution is 8.00. The summed E-state index contributed by atoms with van der Waals surface area (Å²) in [6, 6.07) is 25.8. The first-order chi connectivity index (χ1) is 15.0. The van der Waals surface area contributed by atoms with Crippen molar-refractivity contribution in [1.82, 2.24) is 4.31 Å². The molecule has 4 rings (SSSR count). The van der Waals surface area contributed by atoms with Crippen molar-refractivity contribution in [2.45, 2.75) is 27.9 Å². The van der Waals surface area contributed by atoms with Gasteiger partial charge in [-0.05, 0) is 54.8 Å². The van der Waals surface area contributed by atoms with Crippen LogP contribution in [0.2, 0.25) is 0 Å². The maximum atomic E-state index is 13.1. The van der Waals surface area contributed by atoms with Gasteiger partial charge in [0, 0.05) is 23.7 Å². The molecule has 0 spiro atoms. The van der Waals surface area contributed by atoms with Crippen LogP contribution in [-0.2, 0) is 14.8 Å². The SMILES string of the molecule is O=C(Nc1ccc(S(=O)(=O)N2CCCC2)cc1)[C@H](Sc1ccccc1)c1ccccc1. The van der Waals surface area contributed by atoms with E-state index >= 15 is 0 Å². The quantitative estimate of drug-likeness (QED) is 0.516. The molecule has 0 unspecified atom stereocenters. The van der Waals surface area contributed by atoms with E-state index in [2.05, 4.69) is 5.32 Å². The largest absolute Gasteiger partial charge is 0.325 e. The predicted molar refractivity (Wildman–Crippen MR) is 125 cm³/mol. The first-order valence-electron chi connectivity index (χ1n) is 10.2. The Morgan fingerprint density at radius 3 is 2.03 bits per heavy atom. The Labute approximate surface area is 187 Å². The highest BCUT2D eigenvalue weighted by Crippen LogP contribution is 2.36. The van der Waals surface area contributed by atoms with E-state index in [1.807, 2.05) is 60.7 Å². The van der Waals surface area contributed by atoms with E-state index in [1.165, 1.54) is 16.1 Å². The highest BCUT2D eigenvalue weighted by atomic mass is 32.2. The van der Waals surface area contributed by atoms with Crippen LogP contribution in [-0.4, -0.2) is 31.7 Å². The van der Waals surface area contributed by atoms with Crippen LogP contribution in [0.15, 0.2) is 94.7 Å². The Balaban J connectivity index is 1.51. The molecule has 0 bridgehead atoms. The molecule has 1 heterocycles. The third-order valence-electron chi connectivity index (χ3n) is 5.16. The van der Waals surface area contributed by atoms with Crippen molar-refractivity contribution >= 4 is 33.4 Å². The van der Waals surface area contributed by atoms with Crippen LogP contribution in [0.1, 0.15) is 23.7 Å². The number of amides is 1. The van der Waals surface area contributed by atoms with Gasteiger partial charge in [0.15, 0.2) is 0 Å². The molecule has 3 aromatic rings. The van der Waals surface area contributed by atoms with Crippen LogP contribution in [0.25, 0.3) is 0 Å². The first kappa shape index (κ1) is 21.6. The number of thioether (sulfide) groups is 1. The molecule has 0 aliphatic carbocycles. The molecule has 1 saturated heterocycles. The Morgan fingerprint density at radius 1 is 0.839 bits per heavy atom. The van der Waals surface area contributed by atoms with Gasteiger partial charge in [0.1, 0.15) is 5.25 Å². The van der Waals surface area contributed by atoms with Gasteiger partial charge in [0.05, 0.1) is 4.90 Å². The Kier molecular flexibility index (Phi) is 6.75. The number of carbonyl (C=O) groups is 1. The average molecular weight is 453 g/mol. The minimum absolute atomic E-state index is 0.157. The third kappa shape index (κ3) is 5.18. The fraction of sp³-hybridized carbons (Fsp3) is 0.208. The maximum absolute atomic E-state index is 13.1. The average Bonchev–Trinajstić information content (AvgIpc) is 3.35. The molecule has 3 aromatic carbocycles. The lowest BCUT2D eigenvalue weighted by Crippen LogP contribution is -2.27. The summed E-state index contributed by atoms with van der Waals surface area (Å²) < 4.78 is 26.9. The molecule has 0 radical (unpaired) electrons. The van der Waals surface area contributed by atoms with E-state index in [-0.39, 0.29) is 10.8 Å². The maximum Gasteiger partial charge on any atom is 0.243 e. The summed E-state index contributed by atoms with van der Waals surface area (Å²) in [6.07, 6.45) is 1.79. The van der Waals surface area contributed by atoms with Gasteiger partial charge in [-0.25, -0.2) is 8.42 Å². The molecule has 1 N–H and O–H groups in total. The van der Waals surface area contributed by atoms with E-state index in [9.17, 15) is 13.2 Å². The molecule has 1 aliphatic heterocycles. The van der Waals surface area contributed by atoms with Crippen LogP contribution in [0.5, 0.6) is 0 Å². The van der Waals surface area contributed by atoms with Gasteiger partial charge in [0.25, 0.3) is 0 Å². The summed E-state index contributed by atoms with van der Waals surface area (Å²) in [5, 5.41) is 2.51. The third-order valence-corrected chi connectivity index (χ3v) is 8.34. The number of carbonyl (C=O) groups excluding carboxylic acids is 1. The molecule has 31 heavy (non-hydrogen) atoms. The Bertz CT molecular complexity index is 1110. The Morgan fingerprint density at radius 2 is 1.42 bits per heavy atom. The number of nitrogens with zero attached hydrogens (tertiary/aromatic N) is 1. The normalized spacial score (nSPS) is 15.5. The lowest BCUT2D eigenvalue weighted by Gasteiger charge is -2.18. The summed E-state index contributed by atoms with van der Waals surface area (Å²) in [5.74, 6) is -0.157. The summed E-state index contributed by atoms with van der Waals surface area (Å²) in [5.41, 5.74) is 1.47. The van der Waals surface area contributed by atoms with Gasteiger partial charge < -0.3 is 5.32 Å². The van der Waals surface area contributed by atoms with Crippen molar-refractivity contribution in [2.24, 2.45) is 0 Å². The second-order valence-electron chi connectivity index (χ2n) is 7.35. The monoisotopic (exact) mass is 452 g/mol. The topological polar surface area (TPSA) is 66.5 Å². The minimum atomic E-state index is -3.47. The van der Waals surface area contributed by atoms with E-state index < -0.39 is 15.3 Å². The van der Waals surface area contributed by atoms with Gasteiger partial charge in [-0.15, -0.1) is 11.8 Å². The summed E-state index contributed by atoms with van der Waals surface area (Å²) in [7, 11) is -3.47. The van der Waals surface area contributed by atoms with Gasteiger partial charge in [-0.1, -0.05) is 48.5 Å². The number of anilines is 1. The molecule has 7 heteroatoms. The first-order valence-corrected chi connectivity index (χ1v) is 12.5. The summed E-state index contributed by atoms with van der Waals surface area (Å²) in [6.45, 7) is 1.13. The molecule has 5 nitrogen and oxygen atoms in total. The number of nitrogens with one attached hydrogen (secondary N) is 1. The Hall–Kier alpha value is -2.61. The van der Waals surface area contributed by atoms with Crippen LogP contribution in [0.3, 0.4) is 0 Å². The van der Waals surface area contributed by atoms with Gasteiger partial charge >= 0.3 is 0 Å². The van der Waals surface area contributed by atoms with Crippen molar-refractivity contribution in [3.8, 4) is 0 Å². The predicted octanol–water partition coefficient (Wildman–Crippen LogP) is 4.94. The molecule has 160 valence electrons. The number of rotatable bonds is 7. The minimum Gasteiger partial charge on any atom is -0.325 e. The van der Waals surface area contributed by atoms with Crippen molar-refractivity contribution in [1.29, 1.82) is 0 Å². The fourth-order valence-electron chi connectivity index (χ4n) is 3.53. The van der Waals surface area contributed by atoms with Crippen molar-refractivity contribution in [3.63, 3.8) is 0 Å². The number of hydrogen-bond acceptors (Lipinski definition) is 4. The second kappa shape index (κ2) is 9.68. The van der Waals surface area contributed by atoms with E-state index in [4.69, 9.17) is 0 Å². The van der Waals surface area contributed by atoms with Gasteiger partial charge in [-0.3, -0.25) is 4.79 Å². The van der Waals surface area contributed by atoms with Crippen molar-refractivity contribution < 1.29 is 13.2 Å². The molecule has 1 atom stereocenters. The molecular formula is C24H24N2O3S2. The summed E-state index contributed by atoms with van der Waals surface area (Å²) in [4.78, 5) is 14.4. The molecule has 1 aliphatic rings. The summed E-state index contributed by atoms with van der Waals surface area (Å²) >= 11 is 1.48. The smallest absolute Gasteiger partial charge is 0.243 e. The number of hydrogen-bond donors (Lipinski definition) is 1. The highest BCUT2D eigenvalue weighted by Gasteiger charge is 2.27. The van der Waals surface area contributed by atoms with E-state index in [1.54, 1.807) is 24.3 Å². The van der Waals surface area contributed by atoms with E-state index in [0.717, 1.165) is 23.3 Å². The van der Waals surface area contributed by atoms with Crippen molar-refractivity contribution in [3.05, 3.63) is 90.5 Å². The van der Waals surface area contributed by atoms with Crippen molar-refractivity contribution in [2.75, 3.05) is 18.4 Å². The van der Waals surface area contributed by atoms with Gasteiger partial charge in [0.2, 0.25) is 15.9 Å². The van der Waals surface area contributed by atoms with Crippen LogP contribution in [0, 0.1) is 0 Å². The van der Waals surface area contributed by atoms with Crippen LogP contribution in [0.4, 0.5) is 5.69 Å². The molecular weight excluding hydrogens is 428 g/mol. The van der Waals surface area contributed by atoms with Crippen LogP contribution >= 0.6 is 11.8 Å². The van der Waals surface area contributed by atoms with Crippen LogP contribution < -0.4 is 5.32 Å². The van der Waals surface area contributed by atoms with Gasteiger partial charge in [-0.2, -0.15) is 4.31 Å². The second-order valence-corrected chi connectivity index (χ2v) is 10.5. The number of benzene rings is 3. The lowest BCUT2D eigenvalue weighted by molar-refractivity contribution is -0.115. The standard InChI is InChI=1S/C24H24N2O3S2/c27-24(23(19-9-3-1-4-10-19)30-21-11-5-2-6-12-21)25-20-13-15-22(16-14-20)31(28,29)26-17-7-8-18-26/h1-6,9-16,23H,7-8,17-18H2,(H,25,27)/t23-/m1/s1. The molecule has 1 amide bonds. The molecule has 0 aromatic heterocycles. The van der Waals surface area contributed by atoms with E-state index in [0.29, 0.717) is 18.8 Å². The fourth-order valence-corrected chi connectivity index (χ4v) is 6.09. The number of sulfonamides is 1. The molecule has 0 saturated carbocycles. The zero-order valence-electron chi connectivity index (χ0n) is 17.0.